The maximum absolute atomic E-state index is 10.4. The Morgan fingerprint density at radius 1 is 0.258 bits per heavy atom. The van der Waals surface area contributed by atoms with Crippen LogP contribution in [0.5, 0.6) is 0 Å². The Hall–Kier alpha value is -1.42. The molecule has 0 aliphatic carbocycles. The van der Waals surface area contributed by atoms with E-state index in [2.05, 4.69) is 13.8 Å². The van der Waals surface area contributed by atoms with Gasteiger partial charge >= 0.3 is 11.9 Å². The van der Waals surface area contributed by atoms with E-state index in [0.29, 0.717) is 12.8 Å². The second-order valence-electron chi connectivity index (χ2n) is 18.1. The number of carboxylic acid groups (broad SMARTS) is 2. The van der Waals surface area contributed by atoms with Crippen LogP contribution in [0.4, 0.5) is 0 Å². The Bertz CT molecular complexity index is 764. The van der Waals surface area contributed by atoms with Crippen molar-refractivity contribution in [1.29, 1.82) is 0 Å². The monoisotopic (exact) mass is 957 g/mol. The van der Waals surface area contributed by atoms with Gasteiger partial charge in [-0.25, -0.2) is 0 Å². The molecule has 0 aromatic heterocycles. The molecule has 0 unspecified atom stereocenters. The van der Waals surface area contributed by atoms with Gasteiger partial charge in [-0.05, 0) is 12.8 Å². The van der Waals surface area contributed by atoms with Gasteiger partial charge in [0, 0.05) is 12.8 Å². The Morgan fingerprint density at radius 2 is 0.379 bits per heavy atom. The van der Waals surface area contributed by atoms with Crippen LogP contribution in [0.3, 0.4) is 0 Å². The minimum atomic E-state index is -0.954. The van der Waals surface area contributed by atoms with Gasteiger partial charge in [-0.3, -0.25) is 9.59 Å². The molecule has 13 nitrogen and oxygen atoms in total. The standard InChI is InChI=1S/2C22H44O2.3C3H8O3/c2*1-2-3-4-5-6-7-8-9-10-11-12-13-14-15-16-17-18-19-20-21-22(23)24;3*4-1-3(6)2-5/h2*2-21H2,1H3,(H,23,24);3*3-6H,1-2H2. The topological polar surface area (TPSA) is 257 Å². The number of aliphatic hydroxyl groups excluding tert-OH is 9. The van der Waals surface area contributed by atoms with Gasteiger partial charge in [0.05, 0.1) is 39.6 Å². The number of hydrogen-bond donors (Lipinski definition) is 11. The lowest BCUT2D eigenvalue weighted by Crippen LogP contribution is -2.15. The van der Waals surface area contributed by atoms with E-state index in [1.165, 1.54) is 218 Å². The van der Waals surface area contributed by atoms with Gasteiger partial charge in [0.25, 0.3) is 0 Å². The average molecular weight is 957 g/mol. The van der Waals surface area contributed by atoms with Crippen LogP contribution in [0.25, 0.3) is 0 Å². The quantitative estimate of drug-likeness (QED) is 0.0254. The predicted octanol–water partition coefficient (Wildman–Crippen LogP) is 10.8. The van der Waals surface area contributed by atoms with Gasteiger partial charge in [0.1, 0.15) is 18.3 Å². The molecule has 0 aromatic carbocycles. The molecule has 0 aliphatic rings. The van der Waals surface area contributed by atoms with E-state index in [4.69, 9.17) is 56.2 Å². The van der Waals surface area contributed by atoms with E-state index in [9.17, 15) is 9.59 Å². The highest BCUT2D eigenvalue weighted by Gasteiger charge is 2.00. The van der Waals surface area contributed by atoms with Gasteiger partial charge in [-0.1, -0.05) is 245 Å². The van der Waals surface area contributed by atoms with Gasteiger partial charge < -0.3 is 56.2 Å². The summed E-state index contributed by atoms with van der Waals surface area (Å²) in [6.45, 7) is 2.38. The van der Waals surface area contributed by atoms with E-state index in [-0.39, 0.29) is 39.6 Å². The van der Waals surface area contributed by atoms with Gasteiger partial charge in [-0.15, -0.1) is 0 Å². The van der Waals surface area contributed by atoms with Crippen LogP contribution < -0.4 is 0 Å². The lowest BCUT2D eigenvalue weighted by atomic mass is 10.0. The van der Waals surface area contributed by atoms with Crippen molar-refractivity contribution in [3.05, 3.63) is 0 Å². The third kappa shape index (κ3) is 85.8. The van der Waals surface area contributed by atoms with Gasteiger partial charge in [0.2, 0.25) is 0 Å². The maximum Gasteiger partial charge on any atom is 0.303 e. The fourth-order valence-electron chi connectivity index (χ4n) is 6.88. The molecule has 0 atom stereocenters. The van der Waals surface area contributed by atoms with E-state index in [0.717, 1.165) is 25.7 Å². The molecule has 0 saturated carbocycles. The molecule has 66 heavy (non-hydrogen) atoms. The van der Waals surface area contributed by atoms with Crippen molar-refractivity contribution in [2.75, 3.05) is 39.6 Å². The molecule has 11 N–H and O–H groups in total. The molecule has 0 aliphatic heterocycles. The van der Waals surface area contributed by atoms with Gasteiger partial charge in [0.15, 0.2) is 0 Å². The van der Waals surface area contributed by atoms with Crippen LogP contribution >= 0.6 is 0 Å². The van der Waals surface area contributed by atoms with Gasteiger partial charge in [-0.2, -0.15) is 0 Å². The lowest BCUT2D eigenvalue weighted by Gasteiger charge is -2.03. The Balaban J connectivity index is -0.000000274. The Labute approximate surface area is 405 Å². The first-order valence-electron chi connectivity index (χ1n) is 27.1. The van der Waals surface area contributed by atoms with E-state index >= 15 is 0 Å². The van der Waals surface area contributed by atoms with Crippen molar-refractivity contribution in [2.45, 2.75) is 289 Å². The summed E-state index contributed by atoms with van der Waals surface area (Å²) in [6.07, 6.45) is 49.3. The number of aliphatic carboxylic acids is 2. The number of hydrogen-bond acceptors (Lipinski definition) is 11. The maximum atomic E-state index is 10.4. The Kier molecular flexibility index (Phi) is 78.2. The molecule has 0 rings (SSSR count). The summed E-state index contributed by atoms with van der Waals surface area (Å²) in [5.74, 6) is -1.30. The summed E-state index contributed by atoms with van der Waals surface area (Å²) in [7, 11) is 0. The molecule has 13 heteroatoms. The van der Waals surface area contributed by atoms with Crippen molar-refractivity contribution in [3.8, 4) is 0 Å². The number of aliphatic hydroxyl groups is 9. The highest BCUT2D eigenvalue weighted by atomic mass is 16.4. The molecule has 0 aromatic rings. The predicted molar refractivity (Wildman–Crippen MR) is 272 cm³/mol. The first-order valence-corrected chi connectivity index (χ1v) is 27.1. The van der Waals surface area contributed by atoms with Crippen molar-refractivity contribution < 1.29 is 65.8 Å². The summed E-state index contributed by atoms with van der Waals surface area (Å²) < 4.78 is 0. The van der Waals surface area contributed by atoms with Crippen molar-refractivity contribution in [2.24, 2.45) is 0 Å². The third-order valence-corrected chi connectivity index (χ3v) is 11.3. The second-order valence-corrected chi connectivity index (χ2v) is 18.1. The molecule has 0 amide bonds. The molecule has 0 bridgehead atoms. The fourth-order valence-corrected chi connectivity index (χ4v) is 6.88. The van der Waals surface area contributed by atoms with Crippen LogP contribution in [-0.4, -0.2) is 126 Å². The molecular weight excluding hydrogens is 845 g/mol. The molecule has 0 fully saturated rings. The summed E-state index contributed by atoms with van der Waals surface area (Å²) in [5.41, 5.74) is 0. The SMILES string of the molecule is CCCCCCCCCCCCCCCCCCCCCC(=O)O.CCCCCCCCCCCCCCCCCCCCCC(=O)O.OCC(O)CO.OCC(O)CO.OCC(O)CO. The molecule has 0 radical (unpaired) electrons. The first-order chi connectivity index (χ1) is 32.0. The minimum absolute atomic E-state index is 0.346. The van der Waals surface area contributed by atoms with Crippen LogP contribution in [0.15, 0.2) is 0 Å². The van der Waals surface area contributed by atoms with Crippen LogP contribution in [-0.2, 0) is 9.59 Å². The molecule has 0 heterocycles. The zero-order valence-corrected chi connectivity index (χ0v) is 43.0. The summed E-state index contributed by atoms with van der Waals surface area (Å²) in [6, 6.07) is 0. The average Bonchev–Trinajstić information content (AvgIpc) is 3.32. The number of carbonyl (C=O) groups is 2. The number of carboxylic acids is 2. The highest BCUT2D eigenvalue weighted by molar-refractivity contribution is 5.66. The molecular formula is C53H112O13. The van der Waals surface area contributed by atoms with Crippen LogP contribution in [0.1, 0.15) is 271 Å². The number of unbranched alkanes of at least 4 members (excludes halogenated alkanes) is 36. The first kappa shape index (κ1) is 73.5. The van der Waals surface area contributed by atoms with E-state index in [1.54, 1.807) is 0 Å². The minimum Gasteiger partial charge on any atom is -0.481 e. The zero-order chi connectivity index (χ0) is 50.4. The number of rotatable bonds is 46. The highest BCUT2D eigenvalue weighted by Crippen LogP contribution is 2.16. The lowest BCUT2D eigenvalue weighted by molar-refractivity contribution is -0.138. The summed E-state index contributed by atoms with van der Waals surface area (Å²) in [4.78, 5) is 20.8. The molecule has 0 saturated heterocycles. The third-order valence-electron chi connectivity index (χ3n) is 11.3. The van der Waals surface area contributed by atoms with Crippen molar-refractivity contribution in [3.63, 3.8) is 0 Å². The summed E-state index contributed by atoms with van der Waals surface area (Å²) >= 11 is 0. The molecule has 0 spiro atoms. The zero-order valence-electron chi connectivity index (χ0n) is 43.0. The second kappa shape index (κ2) is 70.1. The largest absolute Gasteiger partial charge is 0.481 e. The molecule has 402 valence electrons. The Morgan fingerprint density at radius 3 is 0.470 bits per heavy atom. The van der Waals surface area contributed by atoms with Crippen molar-refractivity contribution in [1.82, 2.24) is 0 Å². The van der Waals surface area contributed by atoms with Crippen molar-refractivity contribution >= 4 is 11.9 Å². The van der Waals surface area contributed by atoms with Crippen LogP contribution in [0.2, 0.25) is 0 Å². The summed E-state index contributed by atoms with van der Waals surface area (Å²) in [5, 5.41) is 89.2. The van der Waals surface area contributed by atoms with Crippen LogP contribution in [0, 0.1) is 0 Å². The fraction of sp³-hybridized carbons (Fsp3) is 0.962. The van der Waals surface area contributed by atoms with E-state index in [1.807, 2.05) is 0 Å². The normalized spacial score (nSPS) is 10.8. The smallest absolute Gasteiger partial charge is 0.303 e. The van der Waals surface area contributed by atoms with E-state index < -0.39 is 30.3 Å².